The number of hydrogen-bond acceptors (Lipinski definition) is 4. The molecule has 18 heavy (non-hydrogen) atoms. The lowest BCUT2D eigenvalue weighted by Crippen LogP contribution is -2.33. The minimum Gasteiger partial charge on any atom is -0.349 e. The highest BCUT2D eigenvalue weighted by molar-refractivity contribution is 5.99. The summed E-state index contributed by atoms with van der Waals surface area (Å²) in [7, 11) is 0. The molecule has 1 amide bonds. The van der Waals surface area contributed by atoms with Crippen LogP contribution in [0.25, 0.3) is 0 Å². The van der Waals surface area contributed by atoms with Gasteiger partial charge in [-0.3, -0.25) is 15.6 Å². The van der Waals surface area contributed by atoms with Crippen molar-refractivity contribution < 1.29 is 4.79 Å². The molecule has 0 radical (unpaired) electrons. The Bertz CT molecular complexity index is 381. The van der Waals surface area contributed by atoms with Crippen LogP contribution in [-0.4, -0.2) is 16.9 Å². The lowest BCUT2D eigenvalue weighted by Gasteiger charge is -2.15. The van der Waals surface area contributed by atoms with E-state index >= 15 is 0 Å². The summed E-state index contributed by atoms with van der Waals surface area (Å²) in [5, 5.41) is 2.96. The van der Waals surface area contributed by atoms with Gasteiger partial charge < -0.3 is 10.7 Å². The summed E-state index contributed by atoms with van der Waals surface area (Å²) in [6.07, 6.45) is 7.62. The summed E-state index contributed by atoms with van der Waals surface area (Å²) in [4.78, 5) is 16.0. The molecule has 1 rings (SSSR count). The van der Waals surface area contributed by atoms with Crippen molar-refractivity contribution in [3.05, 3.63) is 24.0 Å². The highest BCUT2D eigenvalue weighted by atomic mass is 16.1. The highest BCUT2D eigenvalue weighted by Gasteiger charge is 2.13. The van der Waals surface area contributed by atoms with Gasteiger partial charge in [0.05, 0.1) is 11.3 Å². The lowest BCUT2D eigenvalue weighted by atomic mass is 10.1. The molecule has 4 N–H and O–H groups in total. The smallest absolute Gasteiger partial charge is 0.255 e. The third-order valence-corrected chi connectivity index (χ3v) is 2.84. The van der Waals surface area contributed by atoms with Crippen LogP contribution in [0.3, 0.4) is 0 Å². The maximum absolute atomic E-state index is 12.0. The van der Waals surface area contributed by atoms with E-state index in [9.17, 15) is 4.79 Å². The van der Waals surface area contributed by atoms with Gasteiger partial charge in [-0.15, -0.1) is 0 Å². The molecule has 0 saturated carbocycles. The summed E-state index contributed by atoms with van der Waals surface area (Å²) in [5.41, 5.74) is 3.56. The number of hydrazine groups is 1. The maximum atomic E-state index is 12.0. The molecule has 0 fully saturated rings. The Hall–Kier alpha value is -1.62. The Morgan fingerprint density at radius 3 is 2.94 bits per heavy atom. The number of carbonyl (C=O) groups is 1. The standard InChI is InChI=1S/C13H22N4O/c1-3-4-5-6-10(2)16-13(18)11-9-15-8-7-12(11)17-14/h7-10H,3-6,14H2,1-2H3,(H,15,17)(H,16,18). The number of hydrogen-bond donors (Lipinski definition) is 3. The van der Waals surface area contributed by atoms with Gasteiger partial charge in [0.15, 0.2) is 0 Å². The molecule has 1 atom stereocenters. The van der Waals surface area contributed by atoms with Gasteiger partial charge in [0.25, 0.3) is 5.91 Å². The number of unbranched alkanes of at least 4 members (excludes halogenated alkanes) is 2. The SMILES string of the molecule is CCCCCC(C)NC(=O)c1cnccc1NN. The Labute approximate surface area is 108 Å². The Morgan fingerprint density at radius 2 is 2.28 bits per heavy atom. The molecule has 1 aromatic heterocycles. The van der Waals surface area contributed by atoms with Crippen LogP contribution >= 0.6 is 0 Å². The number of anilines is 1. The van der Waals surface area contributed by atoms with Gasteiger partial charge in [-0.2, -0.15) is 0 Å². The van der Waals surface area contributed by atoms with Crippen LogP contribution < -0.4 is 16.6 Å². The minimum atomic E-state index is -0.139. The summed E-state index contributed by atoms with van der Waals surface area (Å²) in [6.45, 7) is 4.18. The van der Waals surface area contributed by atoms with Crippen LogP contribution in [0, 0.1) is 0 Å². The molecule has 0 aliphatic heterocycles. The third-order valence-electron chi connectivity index (χ3n) is 2.84. The maximum Gasteiger partial charge on any atom is 0.255 e. The number of carbonyl (C=O) groups excluding carboxylic acids is 1. The van der Waals surface area contributed by atoms with Gasteiger partial charge in [-0.25, -0.2) is 0 Å². The number of aromatic nitrogens is 1. The number of rotatable bonds is 7. The monoisotopic (exact) mass is 250 g/mol. The predicted octanol–water partition coefficient (Wildman–Crippen LogP) is 2.07. The van der Waals surface area contributed by atoms with Gasteiger partial charge in [0, 0.05) is 18.4 Å². The molecule has 5 heteroatoms. The normalized spacial score (nSPS) is 11.9. The van der Waals surface area contributed by atoms with E-state index in [0.29, 0.717) is 11.3 Å². The molecule has 0 aliphatic carbocycles. The summed E-state index contributed by atoms with van der Waals surface area (Å²) in [5.74, 6) is 5.22. The first-order valence-corrected chi connectivity index (χ1v) is 6.40. The van der Waals surface area contributed by atoms with E-state index in [2.05, 4.69) is 22.7 Å². The average molecular weight is 250 g/mol. The zero-order chi connectivity index (χ0) is 13.4. The lowest BCUT2D eigenvalue weighted by molar-refractivity contribution is 0.0938. The topological polar surface area (TPSA) is 80.0 Å². The summed E-state index contributed by atoms with van der Waals surface area (Å²) in [6, 6.07) is 1.84. The molecule has 1 aromatic rings. The Morgan fingerprint density at radius 1 is 1.50 bits per heavy atom. The van der Waals surface area contributed by atoms with Crippen molar-refractivity contribution in [2.45, 2.75) is 45.6 Å². The van der Waals surface area contributed by atoms with Crippen LogP contribution in [0.4, 0.5) is 5.69 Å². The highest BCUT2D eigenvalue weighted by Crippen LogP contribution is 2.12. The van der Waals surface area contributed by atoms with Crippen LogP contribution in [0.1, 0.15) is 49.9 Å². The molecular formula is C13H22N4O. The number of nitrogens with zero attached hydrogens (tertiary/aromatic N) is 1. The molecule has 0 aliphatic rings. The largest absolute Gasteiger partial charge is 0.349 e. The molecule has 0 saturated heterocycles. The van der Waals surface area contributed by atoms with Gasteiger partial charge in [-0.1, -0.05) is 26.2 Å². The molecule has 0 bridgehead atoms. The fraction of sp³-hybridized carbons (Fsp3) is 0.538. The van der Waals surface area contributed by atoms with Gasteiger partial charge in [0.1, 0.15) is 0 Å². The first-order valence-electron chi connectivity index (χ1n) is 6.40. The van der Waals surface area contributed by atoms with E-state index in [0.717, 1.165) is 12.8 Å². The first kappa shape index (κ1) is 14.4. The van der Waals surface area contributed by atoms with E-state index in [-0.39, 0.29) is 11.9 Å². The second-order valence-electron chi connectivity index (χ2n) is 4.44. The number of pyridine rings is 1. The summed E-state index contributed by atoms with van der Waals surface area (Å²) >= 11 is 0. The number of nitrogens with two attached hydrogens (primary N) is 1. The predicted molar refractivity (Wildman–Crippen MR) is 73.1 cm³/mol. The number of amides is 1. The van der Waals surface area contributed by atoms with E-state index in [1.54, 1.807) is 12.3 Å². The van der Waals surface area contributed by atoms with Crippen molar-refractivity contribution >= 4 is 11.6 Å². The van der Waals surface area contributed by atoms with Crippen molar-refractivity contribution in [2.24, 2.45) is 5.84 Å². The minimum absolute atomic E-state index is 0.139. The number of nitrogen functional groups attached to an aromatic ring is 1. The Balaban J connectivity index is 2.54. The van der Waals surface area contributed by atoms with E-state index in [4.69, 9.17) is 5.84 Å². The van der Waals surface area contributed by atoms with Gasteiger partial charge in [0.2, 0.25) is 0 Å². The zero-order valence-corrected chi connectivity index (χ0v) is 11.1. The van der Waals surface area contributed by atoms with Gasteiger partial charge in [-0.05, 0) is 19.4 Å². The van der Waals surface area contributed by atoms with Crippen molar-refractivity contribution in [2.75, 3.05) is 5.43 Å². The molecule has 1 heterocycles. The third kappa shape index (κ3) is 4.33. The second kappa shape index (κ2) is 7.66. The fourth-order valence-electron chi connectivity index (χ4n) is 1.78. The first-order chi connectivity index (χ1) is 8.69. The fourth-order valence-corrected chi connectivity index (χ4v) is 1.78. The van der Waals surface area contributed by atoms with Gasteiger partial charge >= 0.3 is 0 Å². The van der Waals surface area contributed by atoms with E-state index < -0.39 is 0 Å². The molecule has 0 aromatic carbocycles. The second-order valence-corrected chi connectivity index (χ2v) is 4.44. The van der Waals surface area contributed by atoms with Crippen LogP contribution in [0.2, 0.25) is 0 Å². The van der Waals surface area contributed by atoms with Crippen molar-refractivity contribution in [1.82, 2.24) is 10.3 Å². The Kier molecular flexibility index (Phi) is 6.14. The van der Waals surface area contributed by atoms with Crippen molar-refractivity contribution in [3.63, 3.8) is 0 Å². The average Bonchev–Trinajstić information content (AvgIpc) is 2.39. The molecule has 0 spiro atoms. The van der Waals surface area contributed by atoms with E-state index in [1.165, 1.54) is 19.0 Å². The molecule has 100 valence electrons. The zero-order valence-electron chi connectivity index (χ0n) is 11.1. The molecule has 5 nitrogen and oxygen atoms in total. The summed E-state index contributed by atoms with van der Waals surface area (Å²) < 4.78 is 0. The van der Waals surface area contributed by atoms with Crippen molar-refractivity contribution in [1.29, 1.82) is 0 Å². The van der Waals surface area contributed by atoms with Crippen LogP contribution in [0.5, 0.6) is 0 Å². The van der Waals surface area contributed by atoms with E-state index in [1.807, 2.05) is 6.92 Å². The number of nitrogens with one attached hydrogen (secondary N) is 2. The quantitative estimate of drug-likeness (QED) is 0.393. The van der Waals surface area contributed by atoms with Crippen molar-refractivity contribution in [3.8, 4) is 0 Å². The molecule has 1 unspecified atom stereocenters. The molecular weight excluding hydrogens is 228 g/mol. The van der Waals surface area contributed by atoms with Crippen LogP contribution in [0.15, 0.2) is 18.5 Å². The van der Waals surface area contributed by atoms with Crippen LogP contribution in [-0.2, 0) is 0 Å².